The second kappa shape index (κ2) is 6.26. The Morgan fingerprint density at radius 2 is 1.79 bits per heavy atom. The number of nitrogens with zero attached hydrogens (tertiary/aromatic N) is 2. The number of halogens is 1. The zero-order chi connectivity index (χ0) is 16.7. The highest BCUT2D eigenvalue weighted by atomic mass is 79.9. The number of hydrogen-bond acceptors (Lipinski definition) is 3. The number of hydrogen-bond donors (Lipinski definition) is 0. The highest BCUT2D eigenvalue weighted by Crippen LogP contribution is 2.56. The van der Waals surface area contributed by atoms with Gasteiger partial charge >= 0.3 is 6.03 Å². The largest absolute Gasteiger partial charge is 0.486 e. The van der Waals surface area contributed by atoms with Crippen molar-refractivity contribution in [1.29, 1.82) is 0 Å². The summed E-state index contributed by atoms with van der Waals surface area (Å²) >= 11 is 3.76. The molecular weight excluding hydrogens is 391 g/mol. The molecule has 0 fully saturated rings. The molecule has 0 saturated carbocycles. The Morgan fingerprint density at radius 3 is 2.46 bits per heavy atom. The summed E-state index contributed by atoms with van der Waals surface area (Å²) in [6.45, 7) is 2.63. The molecule has 24 heavy (non-hydrogen) atoms. The molecule has 2 amide bonds. The van der Waals surface area contributed by atoms with E-state index in [1.54, 1.807) is 4.90 Å². The van der Waals surface area contributed by atoms with E-state index in [0.717, 1.165) is 22.4 Å². The molecule has 0 spiro atoms. The van der Waals surface area contributed by atoms with Crippen LogP contribution in [0.2, 0.25) is 0 Å². The lowest BCUT2D eigenvalue weighted by atomic mass is 10.2. The number of anilines is 2. The summed E-state index contributed by atoms with van der Waals surface area (Å²) in [6.07, 6.45) is 0. The Hall–Kier alpha value is -1.78. The van der Waals surface area contributed by atoms with Gasteiger partial charge in [-0.05, 0) is 40.6 Å². The molecule has 5 nitrogen and oxygen atoms in total. The average molecular weight is 407 g/mol. The Bertz CT molecular complexity index is 787. The number of ether oxygens (including phenoxy) is 2. The van der Waals surface area contributed by atoms with Crippen molar-refractivity contribution in [3.05, 3.63) is 42.5 Å². The van der Waals surface area contributed by atoms with Crippen molar-refractivity contribution in [2.75, 3.05) is 29.3 Å². The first-order chi connectivity index (χ1) is 11.7. The number of benzene rings is 2. The lowest BCUT2D eigenvalue weighted by Gasteiger charge is -2.40. The number of fused-ring (bicyclic) bond motifs is 2. The molecule has 2 aliphatic rings. The van der Waals surface area contributed by atoms with Crippen LogP contribution in [0, 0.1) is 0 Å². The fraction of sp³-hybridized carbons (Fsp3) is 0.235. The Kier molecular flexibility index (Phi) is 4.10. The number of carbonyl (C=O) groups is 1. The Balaban J connectivity index is 1.85. The van der Waals surface area contributed by atoms with Gasteiger partial charge in [0, 0.05) is 17.9 Å². The first-order valence-electron chi connectivity index (χ1n) is 7.77. The van der Waals surface area contributed by atoms with E-state index in [9.17, 15) is 4.79 Å². The highest BCUT2D eigenvalue weighted by Gasteiger charge is 2.38. The fourth-order valence-electron chi connectivity index (χ4n) is 2.92. The van der Waals surface area contributed by atoms with Gasteiger partial charge in [0.05, 0.1) is 11.4 Å². The molecule has 0 bridgehead atoms. The molecular formula is C17H16BrN2O3P. The van der Waals surface area contributed by atoms with Crippen molar-refractivity contribution in [3.8, 4) is 11.5 Å². The molecule has 4 rings (SSSR count). The monoisotopic (exact) mass is 406 g/mol. The van der Waals surface area contributed by atoms with Crippen LogP contribution >= 0.6 is 22.3 Å². The number of carbonyl (C=O) groups excluding carboxylic acids is 1. The summed E-state index contributed by atoms with van der Waals surface area (Å²) in [5.74, 6) is 1.45. The van der Waals surface area contributed by atoms with Gasteiger partial charge in [0.15, 0.2) is 11.5 Å². The third-order valence-electron chi connectivity index (χ3n) is 4.03. The second-order valence-corrected chi connectivity index (χ2v) is 8.84. The predicted octanol–water partition coefficient (Wildman–Crippen LogP) is 4.26. The molecule has 2 aliphatic heterocycles. The zero-order valence-electron chi connectivity index (χ0n) is 13.1. The van der Waals surface area contributed by atoms with Crippen molar-refractivity contribution in [1.82, 2.24) is 0 Å². The van der Waals surface area contributed by atoms with Crippen LogP contribution in [0.5, 0.6) is 11.5 Å². The van der Waals surface area contributed by atoms with Gasteiger partial charge in [0.1, 0.15) is 20.0 Å². The van der Waals surface area contributed by atoms with Crippen LogP contribution in [0.3, 0.4) is 0 Å². The van der Waals surface area contributed by atoms with Crippen LogP contribution < -0.4 is 24.3 Å². The van der Waals surface area contributed by atoms with Crippen LogP contribution in [-0.2, 0) is 0 Å². The van der Waals surface area contributed by atoms with E-state index in [2.05, 4.69) is 15.5 Å². The SMILES string of the molecule is CCN1C(=O)N(c2ccccc2)P(Br)c2cc3c(cc21)OCCO3. The lowest BCUT2D eigenvalue weighted by Crippen LogP contribution is -2.47. The van der Waals surface area contributed by atoms with Crippen molar-refractivity contribution in [2.45, 2.75) is 6.92 Å². The molecule has 1 unspecified atom stereocenters. The van der Waals surface area contributed by atoms with Crippen molar-refractivity contribution in [3.63, 3.8) is 0 Å². The molecule has 0 N–H and O–H groups in total. The van der Waals surface area contributed by atoms with Gasteiger partial charge in [0.2, 0.25) is 0 Å². The summed E-state index contributed by atoms with van der Waals surface area (Å²) in [5, 5.41) is 1.06. The third-order valence-corrected chi connectivity index (χ3v) is 7.64. The number of para-hydroxylation sites is 1. The molecule has 2 heterocycles. The molecule has 2 aromatic rings. The quantitative estimate of drug-likeness (QED) is 0.699. The van der Waals surface area contributed by atoms with Gasteiger partial charge in [-0.1, -0.05) is 18.2 Å². The first-order valence-corrected chi connectivity index (χ1v) is 11.1. The smallest absolute Gasteiger partial charge is 0.333 e. The summed E-state index contributed by atoms with van der Waals surface area (Å²) in [7, 11) is 0. The Labute approximate surface area is 149 Å². The third kappa shape index (κ3) is 2.45. The van der Waals surface area contributed by atoms with Gasteiger partial charge in [-0.3, -0.25) is 9.57 Å². The van der Waals surface area contributed by atoms with Crippen molar-refractivity contribution < 1.29 is 14.3 Å². The van der Waals surface area contributed by atoms with Crippen molar-refractivity contribution in [2.24, 2.45) is 0 Å². The van der Waals surface area contributed by atoms with E-state index in [4.69, 9.17) is 9.47 Å². The lowest BCUT2D eigenvalue weighted by molar-refractivity contribution is 0.172. The molecule has 0 aliphatic carbocycles. The van der Waals surface area contributed by atoms with Gasteiger partial charge in [0.25, 0.3) is 0 Å². The second-order valence-electron chi connectivity index (χ2n) is 5.42. The first kappa shape index (κ1) is 15.7. The van der Waals surface area contributed by atoms with E-state index in [0.29, 0.717) is 25.5 Å². The standard InChI is InChI=1S/C17H16BrN2O3P/c1-2-19-13-10-14-15(23-9-8-22-14)11-16(13)24(18)20(17(19)21)12-6-4-3-5-7-12/h3-7,10-11H,2,8-9H2,1H3. The fourth-order valence-corrected chi connectivity index (χ4v) is 6.13. The summed E-state index contributed by atoms with van der Waals surface area (Å²) in [4.78, 5) is 14.8. The minimum absolute atomic E-state index is 0.0316. The van der Waals surface area contributed by atoms with Crippen LogP contribution in [0.1, 0.15) is 6.92 Å². The van der Waals surface area contributed by atoms with E-state index in [1.807, 2.05) is 54.1 Å². The Morgan fingerprint density at radius 1 is 1.12 bits per heavy atom. The van der Waals surface area contributed by atoms with Gasteiger partial charge in [-0.25, -0.2) is 4.79 Å². The van der Waals surface area contributed by atoms with Gasteiger partial charge < -0.3 is 9.47 Å². The molecule has 0 saturated heterocycles. The van der Waals surface area contributed by atoms with E-state index in [-0.39, 0.29) is 6.03 Å². The van der Waals surface area contributed by atoms with Crippen molar-refractivity contribution >= 4 is 45.0 Å². The molecule has 0 radical (unpaired) electrons. The summed E-state index contributed by atoms with van der Waals surface area (Å²) < 4.78 is 13.2. The average Bonchev–Trinajstić information content (AvgIpc) is 2.62. The minimum Gasteiger partial charge on any atom is -0.486 e. The highest BCUT2D eigenvalue weighted by molar-refractivity contribution is 9.40. The van der Waals surface area contributed by atoms with Crippen LogP contribution in [-0.4, -0.2) is 25.8 Å². The van der Waals surface area contributed by atoms with Crippen LogP contribution in [0.25, 0.3) is 0 Å². The maximum Gasteiger partial charge on any atom is 0.333 e. The van der Waals surface area contributed by atoms with E-state index in [1.165, 1.54) is 0 Å². The predicted molar refractivity (Wildman–Crippen MR) is 100 cm³/mol. The molecule has 0 aromatic heterocycles. The summed E-state index contributed by atoms with van der Waals surface area (Å²) in [6, 6.07) is 13.6. The van der Waals surface area contributed by atoms with Crippen LogP contribution in [0.15, 0.2) is 42.5 Å². The molecule has 124 valence electrons. The maximum absolute atomic E-state index is 13.1. The van der Waals surface area contributed by atoms with Crippen LogP contribution in [0.4, 0.5) is 16.2 Å². The topological polar surface area (TPSA) is 42.0 Å². The van der Waals surface area contributed by atoms with E-state index < -0.39 is 6.77 Å². The molecule has 1 atom stereocenters. The number of rotatable bonds is 2. The molecule has 7 heteroatoms. The summed E-state index contributed by atoms with van der Waals surface area (Å²) in [5.41, 5.74) is 1.77. The molecule has 2 aromatic carbocycles. The number of amides is 2. The normalized spacial score (nSPS) is 19.2. The van der Waals surface area contributed by atoms with Gasteiger partial charge in [-0.15, -0.1) is 0 Å². The minimum atomic E-state index is -1.02. The van der Waals surface area contributed by atoms with E-state index >= 15 is 0 Å². The van der Waals surface area contributed by atoms with Gasteiger partial charge in [-0.2, -0.15) is 0 Å². The number of urea groups is 1. The zero-order valence-corrected chi connectivity index (χ0v) is 15.6. The maximum atomic E-state index is 13.1.